The summed E-state index contributed by atoms with van der Waals surface area (Å²) in [4.78, 5) is 15.1. The molecule has 0 radical (unpaired) electrons. The number of benzene rings is 2. The Hall–Kier alpha value is -1.87. The lowest BCUT2D eigenvalue weighted by atomic mass is 10.1. The van der Waals surface area contributed by atoms with Gasteiger partial charge in [0.1, 0.15) is 5.82 Å². The standard InChI is InChI=1S/C21H24FIN2O3/c1-27-19-11-16(23)10-18(20(19)28-2)21(26)24-12-17-4-3-9-25(17)13-14-5-7-15(22)8-6-14/h5-8,10-11,17H,3-4,9,12-13H2,1-2H3,(H,24,26)/t17-/m1/s1/i22-1. The van der Waals surface area contributed by atoms with E-state index in [1.165, 1.54) is 19.2 Å². The van der Waals surface area contributed by atoms with Crippen molar-refractivity contribution in [3.05, 3.63) is 56.9 Å². The number of ether oxygens (including phenoxy) is 2. The van der Waals surface area contributed by atoms with Crippen LogP contribution in [0.25, 0.3) is 0 Å². The molecule has 1 aliphatic rings. The van der Waals surface area contributed by atoms with Crippen LogP contribution in [0.1, 0.15) is 28.8 Å². The number of methoxy groups -OCH3 is 2. The van der Waals surface area contributed by atoms with E-state index < -0.39 is 0 Å². The second-order valence-electron chi connectivity index (χ2n) is 6.79. The molecular weight excluding hydrogens is 473 g/mol. The third-order valence-corrected chi connectivity index (χ3v) is 5.61. The maximum atomic E-state index is 13.1. The summed E-state index contributed by atoms with van der Waals surface area (Å²) in [5.41, 5.74) is 1.54. The van der Waals surface area contributed by atoms with E-state index in [1.807, 2.05) is 18.2 Å². The molecule has 0 aromatic heterocycles. The van der Waals surface area contributed by atoms with Gasteiger partial charge < -0.3 is 14.8 Å². The highest BCUT2D eigenvalue weighted by molar-refractivity contribution is 14.1. The van der Waals surface area contributed by atoms with Crippen LogP contribution in [0.4, 0.5) is 4.39 Å². The zero-order valence-corrected chi connectivity index (χ0v) is 18.2. The maximum Gasteiger partial charge on any atom is 0.255 e. The molecule has 1 atom stereocenters. The van der Waals surface area contributed by atoms with Crippen LogP contribution in [-0.4, -0.2) is 44.2 Å². The van der Waals surface area contributed by atoms with Crippen molar-refractivity contribution >= 4 is 28.5 Å². The monoisotopic (exact) mass is 497 g/mol. The minimum atomic E-state index is -0.226. The van der Waals surface area contributed by atoms with Crippen LogP contribution >= 0.6 is 22.6 Å². The van der Waals surface area contributed by atoms with E-state index in [2.05, 4.69) is 32.8 Å². The number of carbonyl (C=O) groups excluding carboxylic acids is 1. The molecule has 1 fully saturated rings. The maximum absolute atomic E-state index is 13.1. The van der Waals surface area contributed by atoms with Gasteiger partial charge in [0.05, 0.1) is 19.8 Å². The summed E-state index contributed by atoms with van der Waals surface area (Å²) in [6, 6.07) is 10.5. The van der Waals surface area contributed by atoms with Gasteiger partial charge in [0.15, 0.2) is 11.5 Å². The van der Waals surface area contributed by atoms with Crippen LogP contribution in [0.15, 0.2) is 36.4 Å². The van der Waals surface area contributed by atoms with Crippen molar-refractivity contribution in [3.63, 3.8) is 0 Å². The summed E-state index contributed by atoms with van der Waals surface area (Å²) in [6.07, 6.45) is 2.11. The lowest BCUT2D eigenvalue weighted by Gasteiger charge is -2.25. The lowest BCUT2D eigenvalue weighted by Crippen LogP contribution is -2.40. The molecule has 0 spiro atoms. The summed E-state index contributed by atoms with van der Waals surface area (Å²) < 4.78 is 24.7. The van der Waals surface area contributed by atoms with Crippen LogP contribution < -0.4 is 14.8 Å². The van der Waals surface area contributed by atoms with Crippen LogP contribution in [-0.2, 0) is 6.54 Å². The van der Waals surface area contributed by atoms with Gasteiger partial charge in [-0.05, 0) is 71.8 Å². The minimum Gasteiger partial charge on any atom is -0.493 e. The normalized spacial score (nSPS) is 16.8. The topological polar surface area (TPSA) is 50.8 Å². The molecule has 1 N–H and O–H groups in total. The molecule has 2 aromatic rings. The van der Waals surface area contributed by atoms with Crippen molar-refractivity contribution in [1.82, 2.24) is 10.2 Å². The second-order valence-corrected chi connectivity index (χ2v) is 8.04. The van der Waals surface area contributed by atoms with E-state index in [4.69, 9.17) is 9.47 Å². The molecule has 0 bridgehead atoms. The number of nitrogens with zero attached hydrogens (tertiary/aromatic N) is 1. The summed E-state index contributed by atoms with van der Waals surface area (Å²) in [7, 11) is 3.09. The summed E-state index contributed by atoms with van der Waals surface area (Å²) >= 11 is 2.15. The van der Waals surface area contributed by atoms with E-state index in [1.54, 1.807) is 13.2 Å². The van der Waals surface area contributed by atoms with Gasteiger partial charge in [0.2, 0.25) is 0 Å². The molecule has 1 aliphatic heterocycles. The molecular formula is C21H24FIN2O3. The van der Waals surface area contributed by atoms with Crippen molar-refractivity contribution < 1.29 is 18.7 Å². The molecule has 2 aromatic carbocycles. The highest BCUT2D eigenvalue weighted by Crippen LogP contribution is 2.33. The number of hydrogen-bond donors (Lipinski definition) is 1. The quantitative estimate of drug-likeness (QED) is 0.591. The molecule has 1 amide bonds. The van der Waals surface area contributed by atoms with Gasteiger partial charge in [0, 0.05) is 22.7 Å². The number of hydrogen-bond acceptors (Lipinski definition) is 4. The summed E-state index contributed by atoms with van der Waals surface area (Å²) in [5, 5.41) is 3.04. The highest BCUT2D eigenvalue weighted by atomic mass is 127. The Morgan fingerprint density at radius 2 is 2.00 bits per heavy atom. The van der Waals surface area contributed by atoms with Gasteiger partial charge in [-0.3, -0.25) is 9.69 Å². The van der Waals surface area contributed by atoms with Crippen LogP contribution in [0.2, 0.25) is 0 Å². The lowest BCUT2D eigenvalue weighted by molar-refractivity contribution is 0.0936. The first-order valence-electron chi connectivity index (χ1n) is 9.20. The Kier molecular flexibility index (Phi) is 7.12. The fourth-order valence-corrected chi connectivity index (χ4v) is 4.16. The molecule has 3 rings (SSSR count). The van der Waals surface area contributed by atoms with Crippen LogP contribution in [0.5, 0.6) is 11.5 Å². The second kappa shape index (κ2) is 9.56. The van der Waals surface area contributed by atoms with Gasteiger partial charge in [-0.25, -0.2) is 4.39 Å². The fourth-order valence-electron chi connectivity index (χ4n) is 3.56. The number of amides is 1. The first-order valence-corrected chi connectivity index (χ1v) is 10.3. The van der Waals surface area contributed by atoms with Gasteiger partial charge in [-0.2, -0.15) is 0 Å². The van der Waals surface area contributed by atoms with Crippen molar-refractivity contribution in [3.8, 4) is 11.5 Å². The number of halogens is 2. The Morgan fingerprint density at radius 3 is 2.68 bits per heavy atom. The smallest absolute Gasteiger partial charge is 0.255 e. The number of likely N-dealkylation sites (tertiary alicyclic amines) is 1. The third-order valence-electron chi connectivity index (χ3n) is 4.98. The third kappa shape index (κ3) is 4.94. The molecule has 0 unspecified atom stereocenters. The Morgan fingerprint density at radius 1 is 1.25 bits per heavy atom. The zero-order chi connectivity index (χ0) is 20.1. The SMILES string of the molecule is COc1cc(I)cc(C(=O)NC[C@H]2CCCN2Cc2ccc([18F])cc2)c1OC. The molecule has 150 valence electrons. The average Bonchev–Trinajstić information content (AvgIpc) is 3.14. The Bertz CT molecular complexity index is 829. The minimum absolute atomic E-state index is 0.178. The largest absolute Gasteiger partial charge is 0.493 e. The summed E-state index contributed by atoms with van der Waals surface area (Å²) in [5.74, 6) is 0.575. The molecule has 0 aliphatic carbocycles. The van der Waals surface area contributed by atoms with Crippen molar-refractivity contribution in [2.24, 2.45) is 0 Å². The molecule has 5 nitrogen and oxygen atoms in total. The van der Waals surface area contributed by atoms with Crippen molar-refractivity contribution in [2.45, 2.75) is 25.4 Å². The van der Waals surface area contributed by atoms with E-state index in [0.29, 0.717) is 23.6 Å². The van der Waals surface area contributed by atoms with E-state index in [9.17, 15) is 9.18 Å². The Balaban J connectivity index is 1.65. The van der Waals surface area contributed by atoms with Gasteiger partial charge in [0.25, 0.3) is 5.91 Å². The van der Waals surface area contributed by atoms with Gasteiger partial charge >= 0.3 is 0 Å². The van der Waals surface area contributed by atoms with Crippen molar-refractivity contribution in [1.29, 1.82) is 0 Å². The average molecular weight is 497 g/mol. The molecule has 1 saturated heterocycles. The molecule has 7 heteroatoms. The predicted octanol–water partition coefficient (Wildman–Crippen LogP) is 3.84. The first-order chi connectivity index (χ1) is 13.5. The molecule has 0 saturated carbocycles. The zero-order valence-electron chi connectivity index (χ0n) is 16.0. The van der Waals surface area contributed by atoms with Crippen LogP contribution in [0.3, 0.4) is 0 Å². The van der Waals surface area contributed by atoms with Crippen molar-refractivity contribution in [2.75, 3.05) is 27.3 Å². The number of rotatable bonds is 7. The summed E-state index contributed by atoms with van der Waals surface area (Å²) in [6.45, 7) is 2.27. The highest BCUT2D eigenvalue weighted by Gasteiger charge is 2.26. The fraction of sp³-hybridized carbons (Fsp3) is 0.381. The van der Waals surface area contributed by atoms with E-state index in [-0.39, 0.29) is 17.8 Å². The van der Waals surface area contributed by atoms with E-state index >= 15 is 0 Å². The first kappa shape index (κ1) is 20.9. The van der Waals surface area contributed by atoms with E-state index in [0.717, 1.165) is 35.1 Å². The number of nitrogens with one attached hydrogen (secondary N) is 1. The predicted molar refractivity (Wildman–Crippen MR) is 114 cm³/mol. The van der Waals surface area contributed by atoms with Gasteiger partial charge in [-0.1, -0.05) is 12.1 Å². The van der Waals surface area contributed by atoms with Crippen LogP contribution in [0, 0.1) is 9.39 Å². The Labute approximate surface area is 178 Å². The number of carbonyl (C=O) groups is 1. The van der Waals surface area contributed by atoms with Gasteiger partial charge in [-0.15, -0.1) is 0 Å². The molecule has 1 heterocycles. The molecule has 28 heavy (non-hydrogen) atoms.